The van der Waals surface area contributed by atoms with Crippen LogP contribution in [0.25, 0.3) is 0 Å². The minimum atomic E-state index is -1.70. The SMILES string of the molecule is COc1ccc(CNc2c(F)c(F)nc(F)c2F)cc1OC1CCCC1. The predicted molar refractivity (Wildman–Crippen MR) is 87.3 cm³/mol. The molecule has 0 aliphatic heterocycles. The highest BCUT2D eigenvalue weighted by Crippen LogP contribution is 2.33. The Hall–Kier alpha value is -2.51. The second kappa shape index (κ2) is 7.80. The van der Waals surface area contributed by atoms with E-state index in [2.05, 4.69) is 10.3 Å². The number of nitrogens with one attached hydrogen (secondary N) is 1. The van der Waals surface area contributed by atoms with Crippen molar-refractivity contribution < 1.29 is 27.0 Å². The maximum Gasteiger partial charge on any atom is 0.253 e. The zero-order chi connectivity index (χ0) is 18.7. The first-order valence-corrected chi connectivity index (χ1v) is 8.27. The molecule has 0 spiro atoms. The molecule has 0 unspecified atom stereocenters. The first-order valence-electron chi connectivity index (χ1n) is 8.27. The van der Waals surface area contributed by atoms with Crippen LogP contribution in [0.5, 0.6) is 11.5 Å². The second-order valence-electron chi connectivity index (χ2n) is 6.06. The van der Waals surface area contributed by atoms with Crippen molar-refractivity contribution in [3.8, 4) is 11.5 Å². The fraction of sp³-hybridized carbons (Fsp3) is 0.389. The third-order valence-electron chi connectivity index (χ3n) is 4.29. The van der Waals surface area contributed by atoms with Crippen LogP contribution < -0.4 is 14.8 Å². The lowest BCUT2D eigenvalue weighted by Gasteiger charge is -2.17. The van der Waals surface area contributed by atoms with Crippen molar-refractivity contribution in [2.75, 3.05) is 12.4 Å². The van der Waals surface area contributed by atoms with Gasteiger partial charge in [0, 0.05) is 6.54 Å². The number of hydrogen-bond acceptors (Lipinski definition) is 4. The minimum absolute atomic E-state index is 0.0677. The summed E-state index contributed by atoms with van der Waals surface area (Å²) in [6, 6.07) is 5.01. The Bertz CT molecular complexity index is 769. The minimum Gasteiger partial charge on any atom is -0.493 e. The Morgan fingerprint density at radius 3 is 2.31 bits per heavy atom. The number of pyridine rings is 1. The topological polar surface area (TPSA) is 43.4 Å². The molecule has 26 heavy (non-hydrogen) atoms. The van der Waals surface area contributed by atoms with E-state index in [1.807, 2.05) is 0 Å². The number of aromatic nitrogens is 1. The Balaban J connectivity index is 1.78. The maximum absolute atomic E-state index is 13.7. The van der Waals surface area contributed by atoms with Crippen LogP contribution in [-0.2, 0) is 6.54 Å². The van der Waals surface area contributed by atoms with Gasteiger partial charge in [0.05, 0.1) is 13.2 Å². The van der Waals surface area contributed by atoms with Crippen molar-refractivity contribution in [2.45, 2.75) is 38.3 Å². The van der Waals surface area contributed by atoms with Crippen LogP contribution in [0, 0.1) is 23.5 Å². The quantitative estimate of drug-likeness (QED) is 0.597. The van der Waals surface area contributed by atoms with Gasteiger partial charge >= 0.3 is 0 Å². The Morgan fingerprint density at radius 1 is 1.04 bits per heavy atom. The van der Waals surface area contributed by atoms with E-state index in [9.17, 15) is 17.6 Å². The van der Waals surface area contributed by atoms with E-state index in [4.69, 9.17) is 9.47 Å². The molecule has 1 aliphatic carbocycles. The van der Waals surface area contributed by atoms with Gasteiger partial charge in [0.15, 0.2) is 11.5 Å². The largest absolute Gasteiger partial charge is 0.493 e. The summed E-state index contributed by atoms with van der Waals surface area (Å²) in [5.74, 6) is -5.48. The van der Waals surface area contributed by atoms with Crippen molar-refractivity contribution in [1.82, 2.24) is 4.98 Å². The average Bonchev–Trinajstić information content (AvgIpc) is 3.13. The molecule has 0 amide bonds. The summed E-state index contributed by atoms with van der Waals surface area (Å²) in [6.45, 7) is -0.0677. The van der Waals surface area contributed by atoms with Crippen LogP contribution in [0.3, 0.4) is 0 Å². The summed E-state index contributed by atoms with van der Waals surface area (Å²) in [5, 5.41) is 2.37. The standard InChI is InChI=1S/C18H18F4N2O2/c1-25-12-7-6-10(8-13(12)26-11-4-2-3-5-11)9-23-16-14(19)17(21)24-18(22)15(16)20/h6-8,11H,2-5,9H2,1H3,(H,23,24). The lowest BCUT2D eigenvalue weighted by molar-refractivity contribution is 0.200. The second-order valence-corrected chi connectivity index (χ2v) is 6.06. The van der Waals surface area contributed by atoms with E-state index in [1.54, 1.807) is 18.2 Å². The Labute approximate surface area is 148 Å². The summed E-state index contributed by atoms with van der Waals surface area (Å²) >= 11 is 0. The highest BCUT2D eigenvalue weighted by Gasteiger charge is 2.21. The third kappa shape index (κ3) is 3.84. The highest BCUT2D eigenvalue weighted by atomic mass is 19.2. The number of benzene rings is 1. The number of hydrogen-bond donors (Lipinski definition) is 1. The molecule has 0 radical (unpaired) electrons. The van der Waals surface area contributed by atoms with Gasteiger partial charge in [-0.25, -0.2) is 0 Å². The number of anilines is 1. The van der Waals surface area contributed by atoms with Crippen LogP contribution in [0.2, 0.25) is 0 Å². The van der Waals surface area contributed by atoms with Crippen molar-refractivity contribution in [2.24, 2.45) is 0 Å². The number of rotatable bonds is 6. The Kier molecular flexibility index (Phi) is 5.49. The first kappa shape index (κ1) is 18.3. The van der Waals surface area contributed by atoms with Gasteiger partial charge < -0.3 is 14.8 Å². The van der Waals surface area contributed by atoms with Gasteiger partial charge in [0.2, 0.25) is 11.6 Å². The Morgan fingerprint density at radius 2 is 1.69 bits per heavy atom. The summed E-state index contributed by atoms with van der Waals surface area (Å²) in [6.07, 6.45) is 4.22. The van der Waals surface area contributed by atoms with Gasteiger partial charge in [0.1, 0.15) is 5.69 Å². The molecule has 1 aromatic carbocycles. The zero-order valence-corrected chi connectivity index (χ0v) is 14.1. The molecule has 8 heteroatoms. The molecule has 1 saturated carbocycles. The molecular weight excluding hydrogens is 352 g/mol. The van der Waals surface area contributed by atoms with Crippen molar-refractivity contribution >= 4 is 5.69 Å². The molecular formula is C18H18F4N2O2. The molecule has 2 aromatic rings. The van der Waals surface area contributed by atoms with Crippen LogP contribution in [0.15, 0.2) is 18.2 Å². The number of ether oxygens (including phenoxy) is 2. The third-order valence-corrected chi connectivity index (χ3v) is 4.29. The fourth-order valence-electron chi connectivity index (χ4n) is 2.94. The number of nitrogens with zero attached hydrogens (tertiary/aromatic N) is 1. The van der Waals surface area contributed by atoms with Crippen LogP contribution >= 0.6 is 0 Å². The summed E-state index contributed by atoms with van der Waals surface area (Å²) < 4.78 is 64.9. The van der Waals surface area contributed by atoms with Crippen molar-refractivity contribution in [3.05, 3.63) is 47.3 Å². The molecule has 4 nitrogen and oxygen atoms in total. The lowest BCUT2D eigenvalue weighted by Crippen LogP contribution is -2.12. The monoisotopic (exact) mass is 370 g/mol. The van der Waals surface area contributed by atoms with E-state index in [0.29, 0.717) is 17.1 Å². The van der Waals surface area contributed by atoms with Gasteiger partial charge in [-0.05, 0) is 43.4 Å². The maximum atomic E-state index is 13.7. The van der Waals surface area contributed by atoms with Gasteiger partial charge in [0.25, 0.3) is 11.9 Å². The van der Waals surface area contributed by atoms with Gasteiger partial charge in [-0.1, -0.05) is 6.07 Å². The smallest absolute Gasteiger partial charge is 0.253 e. The molecule has 0 saturated heterocycles. The number of methoxy groups -OCH3 is 1. The molecule has 1 fully saturated rings. The molecule has 1 aliphatic rings. The van der Waals surface area contributed by atoms with E-state index in [0.717, 1.165) is 25.7 Å². The lowest BCUT2D eigenvalue weighted by atomic mass is 10.2. The number of halogens is 4. The van der Waals surface area contributed by atoms with Gasteiger partial charge in [-0.15, -0.1) is 0 Å². The predicted octanol–water partition coefficient (Wildman–Crippen LogP) is 4.58. The molecule has 0 bridgehead atoms. The molecule has 1 N–H and O–H groups in total. The van der Waals surface area contributed by atoms with E-state index < -0.39 is 29.2 Å². The average molecular weight is 370 g/mol. The van der Waals surface area contributed by atoms with Crippen LogP contribution in [0.4, 0.5) is 23.2 Å². The summed E-state index contributed by atoms with van der Waals surface area (Å²) in [7, 11) is 1.52. The normalized spacial score (nSPS) is 14.5. The fourth-order valence-corrected chi connectivity index (χ4v) is 2.94. The molecule has 1 aromatic heterocycles. The van der Waals surface area contributed by atoms with Gasteiger partial charge in [-0.2, -0.15) is 22.5 Å². The van der Waals surface area contributed by atoms with Crippen LogP contribution in [-0.4, -0.2) is 18.2 Å². The van der Waals surface area contributed by atoms with Gasteiger partial charge in [-0.3, -0.25) is 0 Å². The molecule has 0 atom stereocenters. The first-order chi connectivity index (χ1) is 12.5. The van der Waals surface area contributed by atoms with Crippen molar-refractivity contribution in [3.63, 3.8) is 0 Å². The summed E-state index contributed by atoms with van der Waals surface area (Å²) in [4.78, 5) is 2.52. The summed E-state index contributed by atoms with van der Waals surface area (Å²) in [5.41, 5.74) is -0.292. The van der Waals surface area contributed by atoms with Crippen LogP contribution in [0.1, 0.15) is 31.2 Å². The van der Waals surface area contributed by atoms with E-state index in [1.165, 1.54) is 7.11 Å². The van der Waals surface area contributed by atoms with E-state index >= 15 is 0 Å². The zero-order valence-electron chi connectivity index (χ0n) is 14.1. The molecule has 3 rings (SSSR count). The van der Waals surface area contributed by atoms with E-state index in [-0.39, 0.29) is 12.6 Å². The molecule has 140 valence electrons. The molecule has 1 heterocycles. The van der Waals surface area contributed by atoms with Crippen molar-refractivity contribution in [1.29, 1.82) is 0 Å². The highest BCUT2D eigenvalue weighted by molar-refractivity contribution is 5.48.